The van der Waals surface area contributed by atoms with Crippen molar-refractivity contribution in [1.29, 1.82) is 0 Å². The number of phenolic OH excluding ortho intramolecular Hbond substituents is 1. The van der Waals surface area contributed by atoms with Crippen molar-refractivity contribution < 1.29 is 5.11 Å². The first-order valence-corrected chi connectivity index (χ1v) is 7.42. The van der Waals surface area contributed by atoms with Crippen LogP contribution in [0.2, 0.25) is 10.2 Å². The van der Waals surface area contributed by atoms with Crippen LogP contribution in [0.1, 0.15) is 37.3 Å². The van der Waals surface area contributed by atoms with Crippen LogP contribution in [0.25, 0.3) is 11.4 Å². The molecule has 0 spiro atoms. The molecule has 1 aliphatic rings. The summed E-state index contributed by atoms with van der Waals surface area (Å²) >= 11 is 12.0. The highest BCUT2D eigenvalue weighted by molar-refractivity contribution is 6.32. The molecule has 0 amide bonds. The van der Waals surface area contributed by atoms with E-state index in [0.717, 1.165) is 24.1 Å². The summed E-state index contributed by atoms with van der Waals surface area (Å²) in [5.41, 5.74) is 1.76. The molecule has 2 aromatic rings. The molecule has 1 saturated carbocycles. The topological polar surface area (TPSA) is 46.0 Å². The molecule has 104 valence electrons. The number of halogens is 2. The zero-order valence-corrected chi connectivity index (χ0v) is 12.3. The lowest BCUT2D eigenvalue weighted by atomic mass is 10.0. The van der Waals surface area contributed by atoms with E-state index in [-0.39, 0.29) is 10.8 Å². The van der Waals surface area contributed by atoms with E-state index in [1.807, 2.05) is 6.07 Å². The van der Waals surface area contributed by atoms with Gasteiger partial charge in [0, 0.05) is 17.2 Å². The summed E-state index contributed by atoms with van der Waals surface area (Å²) in [5, 5.41) is 10.2. The lowest BCUT2D eigenvalue weighted by molar-refractivity contribution is 0.475. The summed E-state index contributed by atoms with van der Waals surface area (Å²) in [4.78, 5) is 8.88. The Morgan fingerprint density at radius 3 is 2.50 bits per heavy atom. The van der Waals surface area contributed by atoms with E-state index in [9.17, 15) is 5.11 Å². The third-order valence-corrected chi connectivity index (χ3v) is 4.19. The largest absolute Gasteiger partial charge is 0.506 e. The van der Waals surface area contributed by atoms with Crippen LogP contribution in [-0.4, -0.2) is 15.1 Å². The molecule has 0 aliphatic heterocycles. The first kappa shape index (κ1) is 13.7. The fourth-order valence-corrected chi connectivity index (χ4v) is 3.01. The molecule has 20 heavy (non-hydrogen) atoms. The van der Waals surface area contributed by atoms with Gasteiger partial charge < -0.3 is 5.11 Å². The monoisotopic (exact) mass is 308 g/mol. The molecule has 1 aromatic heterocycles. The Bertz CT molecular complexity index is 640. The Labute approximate surface area is 127 Å². The molecule has 0 bridgehead atoms. The van der Waals surface area contributed by atoms with Gasteiger partial charge in [-0.2, -0.15) is 0 Å². The van der Waals surface area contributed by atoms with Gasteiger partial charge >= 0.3 is 0 Å². The van der Waals surface area contributed by atoms with Gasteiger partial charge in [-0.25, -0.2) is 9.97 Å². The predicted molar refractivity (Wildman–Crippen MR) is 80.4 cm³/mol. The van der Waals surface area contributed by atoms with Crippen LogP contribution in [0.4, 0.5) is 0 Å². The van der Waals surface area contributed by atoms with E-state index in [0.29, 0.717) is 16.9 Å². The molecule has 1 fully saturated rings. The lowest BCUT2D eigenvalue weighted by Gasteiger charge is -2.11. The highest BCUT2D eigenvalue weighted by atomic mass is 35.5. The highest BCUT2D eigenvalue weighted by Gasteiger charge is 2.20. The summed E-state index contributed by atoms with van der Waals surface area (Å²) in [6, 6.07) is 6.78. The Kier molecular flexibility index (Phi) is 3.81. The van der Waals surface area contributed by atoms with Crippen LogP contribution in [0.5, 0.6) is 5.75 Å². The van der Waals surface area contributed by atoms with Crippen molar-refractivity contribution in [3.8, 4) is 17.1 Å². The summed E-state index contributed by atoms with van der Waals surface area (Å²) in [7, 11) is 0. The van der Waals surface area contributed by atoms with Crippen LogP contribution in [-0.2, 0) is 0 Å². The Balaban J connectivity index is 2.02. The quantitative estimate of drug-likeness (QED) is 0.809. The molecule has 3 nitrogen and oxygen atoms in total. The molecule has 0 unspecified atom stereocenters. The lowest BCUT2D eigenvalue weighted by Crippen LogP contribution is -2.00. The molecule has 1 aromatic carbocycles. The van der Waals surface area contributed by atoms with Crippen molar-refractivity contribution in [1.82, 2.24) is 9.97 Å². The zero-order valence-electron chi connectivity index (χ0n) is 10.8. The summed E-state index contributed by atoms with van der Waals surface area (Å²) in [6.07, 6.45) is 4.80. The van der Waals surface area contributed by atoms with E-state index >= 15 is 0 Å². The number of phenols is 1. The minimum atomic E-state index is 0.0495. The maximum atomic E-state index is 9.47. The van der Waals surface area contributed by atoms with Gasteiger partial charge in [-0.1, -0.05) is 36.0 Å². The normalized spacial score (nSPS) is 15.7. The number of hydrogen-bond acceptors (Lipinski definition) is 3. The second-order valence-electron chi connectivity index (χ2n) is 5.09. The number of hydrogen-bond donors (Lipinski definition) is 1. The van der Waals surface area contributed by atoms with Gasteiger partial charge in [-0.3, -0.25) is 0 Å². The molecule has 1 heterocycles. The molecular formula is C15H14Cl2N2O. The van der Waals surface area contributed by atoms with Crippen molar-refractivity contribution in [2.24, 2.45) is 0 Å². The van der Waals surface area contributed by atoms with Crippen LogP contribution < -0.4 is 0 Å². The van der Waals surface area contributed by atoms with Crippen molar-refractivity contribution in [2.45, 2.75) is 31.6 Å². The van der Waals surface area contributed by atoms with Crippen molar-refractivity contribution in [2.75, 3.05) is 0 Å². The Hall–Kier alpha value is -1.32. The second-order valence-corrected chi connectivity index (χ2v) is 5.88. The predicted octanol–water partition coefficient (Wildman–Crippen LogP) is 4.81. The van der Waals surface area contributed by atoms with Gasteiger partial charge in [0.05, 0.1) is 5.02 Å². The fraction of sp³-hybridized carbons (Fsp3) is 0.333. The van der Waals surface area contributed by atoms with Crippen molar-refractivity contribution in [3.05, 3.63) is 40.1 Å². The maximum Gasteiger partial charge on any atom is 0.161 e. The average Bonchev–Trinajstić information content (AvgIpc) is 2.95. The molecule has 0 saturated heterocycles. The zero-order chi connectivity index (χ0) is 14.1. The van der Waals surface area contributed by atoms with Gasteiger partial charge in [-0.05, 0) is 37.1 Å². The van der Waals surface area contributed by atoms with E-state index < -0.39 is 0 Å². The smallest absolute Gasteiger partial charge is 0.161 e. The summed E-state index contributed by atoms with van der Waals surface area (Å²) in [5.74, 6) is 1.08. The Morgan fingerprint density at radius 1 is 1.05 bits per heavy atom. The minimum absolute atomic E-state index is 0.0495. The number of aromatic hydroxyl groups is 1. The first-order chi connectivity index (χ1) is 9.63. The van der Waals surface area contributed by atoms with E-state index in [1.165, 1.54) is 18.9 Å². The van der Waals surface area contributed by atoms with Gasteiger partial charge in [0.1, 0.15) is 10.9 Å². The van der Waals surface area contributed by atoms with E-state index in [4.69, 9.17) is 23.2 Å². The number of rotatable bonds is 2. The third-order valence-electron chi connectivity index (χ3n) is 3.69. The molecule has 1 N–H and O–H groups in total. The van der Waals surface area contributed by atoms with Gasteiger partial charge in [-0.15, -0.1) is 0 Å². The average molecular weight is 309 g/mol. The SMILES string of the molecule is Oc1ccc(-c2nc(Cl)cc(C3CCCC3)n2)cc1Cl. The fourth-order valence-electron chi connectivity index (χ4n) is 2.64. The van der Waals surface area contributed by atoms with Crippen molar-refractivity contribution in [3.63, 3.8) is 0 Å². The van der Waals surface area contributed by atoms with Gasteiger partial charge in [0.25, 0.3) is 0 Å². The minimum Gasteiger partial charge on any atom is -0.506 e. The van der Waals surface area contributed by atoms with E-state index in [1.54, 1.807) is 12.1 Å². The van der Waals surface area contributed by atoms with Crippen LogP contribution in [0.15, 0.2) is 24.3 Å². The van der Waals surface area contributed by atoms with E-state index in [2.05, 4.69) is 9.97 Å². The van der Waals surface area contributed by atoms with Crippen LogP contribution in [0.3, 0.4) is 0 Å². The summed E-state index contributed by atoms with van der Waals surface area (Å²) in [6.45, 7) is 0. The first-order valence-electron chi connectivity index (χ1n) is 6.67. The van der Waals surface area contributed by atoms with Crippen LogP contribution in [0, 0.1) is 0 Å². The Morgan fingerprint density at radius 2 is 1.80 bits per heavy atom. The second kappa shape index (κ2) is 5.58. The third kappa shape index (κ3) is 2.74. The molecular weight excluding hydrogens is 295 g/mol. The van der Waals surface area contributed by atoms with Gasteiger partial charge in [0.2, 0.25) is 0 Å². The molecule has 5 heteroatoms. The van der Waals surface area contributed by atoms with Crippen LogP contribution >= 0.6 is 23.2 Å². The summed E-state index contributed by atoms with van der Waals surface area (Å²) < 4.78 is 0. The van der Waals surface area contributed by atoms with Gasteiger partial charge in [0.15, 0.2) is 5.82 Å². The maximum absolute atomic E-state index is 9.47. The molecule has 0 atom stereocenters. The number of benzene rings is 1. The van der Waals surface area contributed by atoms with Crippen molar-refractivity contribution >= 4 is 23.2 Å². The number of nitrogens with zero attached hydrogens (tertiary/aromatic N) is 2. The molecule has 0 radical (unpaired) electrons. The standard InChI is InChI=1S/C15H14Cl2N2O/c16-11-7-10(5-6-13(11)20)15-18-12(8-14(17)19-15)9-3-1-2-4-9/h5-9,20H,1-4H2. The number of aromatic nitrogens is 2. The molecule has 3 rings (SSSR count). The molecule has 1 aliphatic carbocycles. The highest BCUT2D eigenvalue weighted by Crippen LogP contribution is 2.35.